The summed E-state index contributed by atoms with van der Waals surface area (Å²) in [5, 5.41) is 2.82. The summed E-state index contributed by atoms with van der Waals surface area (Å²) in [5.74, 6) is 0.542. The lowest BCUT2D eigenvalue weighted by Crippen LogP contribution is -2.38. The maximum absolute atomic E-state index is 12.8. The number of carbonyl (C=O) groups excluding carboxylic acids is 2. The highest BCUT2D eigenvalue weighted by Gasteiger charge is 2.25. The molecule has 1 aliphatic rings. The van der Waals surface area contributed by atoms with Crippen LogP contribution in [0, 0.1) is 6.92 Å². The Bertz CT molecular complexity index is 893. The minimum absolute atomic E-state index is 0.118. The van der Waals surface area contributed by atoms with Gasteiger partial charge in [-0.3, -0.25) is 4.79 Å². The maximum Gasteiger partial charge on any atom is 0.407 e. The molecule has 1 heterocycles. The van der Waals surface area contributed by atoms with Gasteiger partial charge in [0.1, 0.15) is 5.60 Å². The molecular weight excluding hydrogens is 376 g/mol. The number of nitrogens with zero attached hydrogens (tertiary/aromatic N) is 1. The Morgan fingerprint density at radius 3 is 2.43 bits per heavy atom. The number of aryl methyl sites for hydroxylation is 1. The highest BCUT2D eigenvalue weighted by molar-refractivity contribution is 5.94. The molecule has 2 aromatic carbocycles. The summed E-state index contributed by atoms with van der Waals surface area (Å²) in [6.07, 6.45) is 1.48. The number of carbonyl (C=O) groups is 2. The minimum atomic E-state index is -0.504. The Morgan fingerprint density at radius 2 is 1.77 bits per heavy atom. The van der Waals surface area contributed by atoms with Gasteiger partial charge in [-0.15, -0.1) is 0 Å². The molecule has 0 bridgehead atoms. The predicted molar refractivity (Wildman–Crippen MR) is 119 cm³/mol. The van der Waals surface area contributed by atoms with Crippen LogP contribution in [-0.4, -0.2) is 35.6 Å². The summed E-state index contributed by atoms with van der Waals surface area (Å²) >= 11 is 0. The summed E-state index contributed by atoms with van der Waals surface area (Å²) in [6, 6.07) is 16.1. The summed E-state index contributed by atoms with van der Waals surface area (Å²) in [7, 11) is 0. The van der Waals surface area contributed by atoms with E-state index < -0.39 is 11.7 Å². The molecule has 3 rings (SSSR count). The van der Waals surface area contributed by atoms with E-state index in [1.165, 1.54) is 5.56 Å². The fraction of sp³-hybridized carbons (Fsp3) is 0.440. The first-order chi connectivity index (χ1) is 14.2. The topological polar surface area (TPSA) is 58.6 Å². The van der Waals surface area contributed by atoms with Gasteiger partial charge in [0.25, 0.3) is 5.91 Å². The number of likely N-dealkylation sites (tertiary alicyclic amines) is 1. The quantitative estimate of drug-likeness (QED) is 0.771. The van der Waals surface area contributed by atoms with E-state index in [0.717, 1.165) is 42.6 Å². The van der Waals surface area contributed by atoms with Crippen LogP contribution in [-0.2, 0) is 11.3 Å². The lowest BCUT2D eigenvalue weighted by Gasteiger charge is -2.32. The fourth-order valence-electron chi connectivity index (χ4n) is 3.82. The lowest BCUT2D eigenvalue weighted by molar-refractivity contribution is 0.0523. The number of alkyl carbamates (subject to hydrolysis) is 1. The number of amides is 2. The molecule has 1 N–H and O–H groups in total. The smallest absolute Gasteiger partial charge is 0.407 e. The average Bonchev–Trinajstić information content (AvgIpc) is 2.71. The molecule has 0 spiro atoms. The Labute approximate surface area is 179 Å². The van der Waals surface area contributed by atoms with Crippen molar-refractivity contribution in [3.63, 3.8) is 0 Å². The predicted octanol–water partition coefficient (Wildman–Crippen LogP) is 5.04. The Balaban J connectivity index is 1.55. The second kappa shape index (κ2) is 9.33. The number of ether oxygens (including phenoxy) is 1. The van der Waals surface area contributed by atoms with Crippen molar-refractivity contribution >= 4 is 12.0 Å². The van der Waals surface area contributed by atoms with E-state index in [4.69, 9.17) is 4.74 Å². The van der Waals surface area contributed by atoms with Crippen molar-refractivity contribution in [3.8, 4) is 0 Å². The summed E-state index contributed by atoms with van der Waals surface area (Å²) in [6.45, 7) is 9.52. The largest absolute Gasteiger partial charge is 0.444 e. The highest BCUT2D eigenvalue weighted by Crippen LogP contribution is 2.29. The van der Waals surface area contributed by atoms with Crippen molar-refractivity contribution < 1.29 is 14.3 Å². The molecule has 1 aliphatic heterocycles. The second-order valence-corrected chi connectivity index (χ2v) is 9.04. The molecule has 0 aliphatic carbocycles. The first-order valence-electron chi connectivity index (χ1n) is 10.6. The highest BCUT2D eigenvalue weighted by atomic mass is 16.6. The van der Waals surface area contributed by atoms with Crippen LogP contribution < -0.4 is 5.32 Å². The molecule has 0 aromatic heterocycles. The van der Waals surface area contributed by atoms with E-state index in [-0.39, 0.29) is 5.91 Å². The number of benzene rings is 2. The molecule has 0 unspecified atom stereocenters. The van der Waals surface area contributed by atoms with Crippen LogP contribution in [0.4, 0.5) is 4.79 Å². The van der Waals surface area contributed by atoms with Crippen LogP contribution in [0.5, 0.6) is 0 Å². The normalized spacial score (nSPS) is 15.0. The van der Waals surface area contributed by atoms with E-state index in [9.17, 15) is 9.59 Å². The van der Waals surface area contributed by atoms with Crippen molar-refractivity contribution in [2.75, 3.05) is 13.1 Å². The number of piperidine rings is 1. The Morgan fingerprint density at radius 1 is 1.07 bits per heavy atom. The third kappa shape index (κ3) is 6.09. The molecule has 2 amide bonds. The molecule has 5 heteroatoms. The van der Waals surface area contributed by atoms with Crippen molar-refractivity contribution in [2.24, 2.45) is 0 Å². The van der Waals surface area contributed by atoms with Gasteiger partial charge in [0.05, 0.1) is 0 Å². The van der Waals surface area contributed by atoms with E-state index in [1.807, 2.05) is 69.0 Å². The van der Waals surface area contributed by atoms with Gasteiger partial charge in [0.15, 0.2) is 0 Å². The molecule has 2 aromatic rings. The zero-order chi connectivity index (χ0) is 21.7. The van der Waals surface area contributed by atoms with Gasteiger partial charge >= 0.3 is 6.09 Å². The maximum atomic E-state index is 12.8. The molecule has 30 heavy (non-hydrogen) atoms. The van der Waals surface area contributed by atoms with Gasteiger partial charge in [0.2, 0.25) is 0 Å². The molecule has 0 radical (unpaired) electrons. The summed E-state index contributed by atoms with van der Waals surface area (Å²) in [5.41, 5.74) is 3.68. The van der Waals surface area contributed by atoms with Crippen LogP contribution in [0.25, 0.3) is 0 Å². The Kier molecular flexibility index (Phi) is 6.80. The van der Waals surface area contributed by atoms with E-state index in [2.05, 4.69) is 17.4 Å². The number of rotatable bonds is 4. The number of hydrogen-bond donors (Lipinski definition) is 1. The van der Waals surface area contributed by atoms with Crippen molar-refractivity contribution in [1.82, 2.24) is 10.2 Å². The van der Waals surface area contributed by atoms with Gasteiger partial charge in [-0.1, -0.05) is 42.0 Å². The van der Waals surface area contributed by atoms with Gasteiger partial charge < -0.3 is 15.0 Å². The third-order valence-corrected chi connectivity index (χ3v) is 5.31. The zero-order valence-electron chi connectivity index (χ0n) is 18.4. The first kappa shape index (κ1) is 21.9. The van der Waals surface area contributed by atoms with E-state index in [1.54, 1.807) is 0 Å². The lowest BCUT2D eigenvalue weighted by atomic mass is 9.88. The monoisotopic (exact) mass is 408 g/mol. The van der Waals surface area contributed by atoms with Gasteiger partial charge in [-0.2, -0.15) is 0 Å². The summed E-state index contributed by atoms with van der Waals surface area (Å²) < 4.78 is 5.30. The van der Waals surface area contributed by atoms with Gasteiger partial charge in [0, 0.05) is 25.2 Å². The molecule has 0 saturated carbocycles. The average molecular weight is 409 g/mol. The molecular formula is C25H32N2O3. The van der Waals surface area contributed by atoms with Crippen LogP contribution in [0.3, 0.4) is 0 Å². The van der Waals surface area contributed by atoms with Crippen molar-refractivity contribution in [3.05, 3.63) is 70.8 Å². The number of nitrogens with one attached hydrogen (secondary N) is 1. The van der Waals surface area contributed by atoms with Crippen LogP contribution in [0.2, 0.25) is 0 Å². The molecule has 160 valence electrons. The van der Waals surface area contributed by atoms with Crippen LogP contribution in [0.15, 0.2) is 48.5 Å². The van der Waals surface area contributed by atoms with Crippen molar-refractivity contribution in [2.45, 2.75) is 58.6 Å². The minimum Gasteiger partial charge on any atom is -0.444 e. The fourth-order valence-corrected chi connectivity index (χ4v) is 3.82. The number of hydrogen-bond acceptors (Lipinski definition) is 3. The standard InChI is InChI=1S/C25H32N2O3/c1-18-7-5-10-22(15-18)23(28)27-13-11-20(12-14-27)21-9-6-8-19(16-21)17-26-24(29)30-25(2,3)4/h5-10,15-16,20H,11-14,17H2,1-4H3,(H,26,29). The zero-order valence-corrected chi connectivity index (χ0v) is 18.4. The molecule has 5 nitrogen and oxygen atoms in total. The third-order valence-electron chi connectivity index (χ3n) is 5.31. The SMILES string of the molecule is Cc1cccc(C(=O)N2CCC(c3cccc(CNC(=O)OC(C)(C)C)c3)CC2)c1. The molecule has 1 fully saturated rings. The molecule has 1 saturated heterocycles. The van der Waals surface area contributed by atoms with E-state index in [0.29, 0.717) is 12.5 Å². The van der Waals surface area contributed by atoms with Gasteiger partial charge in [-0.05, 0) is 69.7 Å². The van der Waals surface area contributed by atoms with E-state index >= 15 is 0 Å². The van der Waals surface area contributed by atoms with Crippen LogP contribution >= 0.6 is 0 Å². The molecule has 0 atom stereocenters. The van der Waals surface area contributed by atoms with Gasteiger partial charge in [-0.25, -0.2) is 4.79 Å². The summed E-state index contributed by atoms with van der Waals surface area (Å²) in [4.78, 5) is 26.6. The Hall–Kier alpha value is -2.82. The second-order valence-electron chi connectivity index (χ2n) is 9.04. The first-order valence-corrected chi connectivity index (χ1v) is 10.6. The van der Waals surface area contributed by atoms with Crippen LogP contribution in [0.1, 0.15) is 66.6 Å². The van der Waals surface area contributed by atoms with Crippen molar-refractivity contribution in [1.29, 1.82) is 0 Å².